The Morgan fingerprint density at radius 1 is 1.19 bits per heavy atom. The number of hydrogen-bond donors (Lipinski definition) is 1. The monoisotopic (exact) mass is 370 g/mol. The summed E-state index contributed by atoms with van der Waals surface area (Å²) in [5.74, 6) is 0.398. The Hall–Kier alpha value is -3.06. The molecule has 0 saturated carbocycles. The number of carbonyl (C=O) groups is 2. The van der Waals surface area contributed by atoms with Crippen molar-refractivity contribution in [2.75, 3.05) is 26.1 Å². The van der Waals surface area contributed by atoms with Crippen molar-refractivity contribution < 1.29 is 19.1 Å². The second kappa shape index (κ2) is 7.45. The van der Waals surface area contributed by atoms with E-state index in [1.165, 1.54) is 29.4 Å². The number of methoxy groups -OCH3 is 2. The van der Waals surface area contributed by atoms with Crippen molar-refractivity contribution in [3.05, 3.63) is 58.9 Å². The summed E-state index contributed by atoms with van der Waals surface area (Å²) in [6, 6.07) is 8.85. The molecule has 0 spiro atoms. The van der Waals surface area contributed by atoms with Crippen LogP contribution in [0.2, 0.25) is 0 Å². The predicted molar refractivity (Wildman–Crippen MR) is 101 cm³/mol. The molecule has 0 radical (unpaired) electrons. The topological polar surface area (TPSA) is 67.9 Å². The molecule has 0 saturated heterocycles. The molecular weight excluding hydrogens is 352 g/mol. The predicted octanol–water partition coefficient (Wildman–Crippen LogP) is 3.14. The molecule has 26 heavy (non-hydrogen) atoms. The molecule has 0 aliphatic carbocycles. The van der Waals surface area contributed by atoms with Crippen molar-refractivity contribution in [2.24, 2.45) is 0 Å². The molecule has 6 nitrogen and oxygen atoms in total. The minimum Gasteiger partial charge on any atom is -0.497 e. The molecule has 0 bridgehead atoms. The molecule has 2 amide bonds. The summed E-state index contributed by atoms with van der Waals surface area (Å²) < 4.78 is 10.6. The number of benzene rings is 1. The van der Waals surface area contributed by atoms with Crippen LogP contribution < -0.4 is 14.8 Å². The lowest BCUT2D eigenvalue weighted by molar-refractivity contribution is -0.136. The molecule has 0 unspecified atom stereocenters. The molecule has 1 aromatic heterocycles. The lowest BCUT2D eigenvalue weighted by atomic mass is 10.1. The molecule has 0 atom stereocenters. The van der Waals surface area contributed by atoms with Gasteiger partial charge in [-0.3, -0.25) is 14.5 Å². The number of nitrogens with one attached hydrogen (secondary N) is 1. The van der Waals surface area contributed by atoms with E-state index in [0.29, 0.717) is 22.8 Å². The summed E-state index contributed by atoms with van der Waals surface area (Å²) in [6.45, 7) is 3.77. The van der Waals surface area contributed by atoms with Gasteiger partial charge in [-0.25, -0.2) is 0 Å². The van der Waals surface area contributed by atoms with Crippen LogP contribution in [0, 0.1) is 0 Å². The van der Waals surface area contributed by atoms with E-state index in [-0.39, 0.29) is 18.1 Å². The number of amides is 2. The number of anilines is 1. The van der Waals surface area contributed by atoms with E-state index in [4.69, 9.17) is 9.47 Å². The SMILES string of the molecule is C=CCN1C(=O)C(Nc2ccc(OC)cc2OC)=C(c2cccs2)C1=O. The molecule has 1 aliphatic rings. The highest BCUT2D eigenvalue weighted by molar-refractivity contribution is 7.11. The van der Waals surface area contributed by atoms with E-state index in [1.54, 1.807) is 25.3 Å². The van der Waals surface area contributed by atoms with Gasteiger partial charge in [0, 0.05) is 17.5 Å². The van der Waals surface area contributed by atoms with E-state index in [2.05, 4.69) is 11.9 Å². The zero-order valence-electron chi connectivity index (χ0n) is 14.4. The maximum absolute atomic E-state index is 12.8. The van der Waals surface area contributed by atoms with Crippen molar-refractivity contribution >= 4 is 34.4 Å². The van der Waals surface area contributed by atoms with Gasteiger partial charge >= 0.3 is 0 Å². The molecule has 134 valence electrons. The normalized spacial score (nSPS) is 14.0. The summed E-state index contributed by atoms with van der Waals surface area (Å²) in [5, 5.41) is 4.94. The van der Waals surface area contributed by atoms with Gasteiger partial charge in [0.1, 0.15) is 17.2 Å². The van der Waals surface area contributed by atoms with Gasteiger partial charge in [0.15, 0.2) is 0 Å². The van der Waals surface area contributed by atoms with Crippen molar-refractivity contribution in [3.63, 3.8) is 0 Å². The fourth-order valence-electron chi connectivity index (χ4n) is 2.67. The van der Waals surface area contributed by atoms with Crippen molar-refractivity contribution in [1.29, 1.82) is 0 Å². The fraction of sp³-hybridized carbons (Fsp3) is 0.158. The second-order valence-corrected chi connectivity index (χ2v) is 6.38. The van der Waals surface area contributed by atoms with Gasteiger partial charge in [0.05, 0.1) is 25.5 Å². The maximum Gasteiger partial charge on any atom is 0.278 e. The number of hydrogen-bond acceptors (Lipinski definition) is 6. The Labute approximate surface area is 155 Å². The van der Waals surface area contributed by atoms with Gasteiger partial charge in [0.25, 0.3) is 11.8 Å². The van der Waals surface area contributed by atoms with Crippen LogP contribution in [-0.2, 0) is 9.59 Å². The minimum atomic E-state index is -0.392. The van der Waals surface area contributed by atoms with E-state index in [1.807, 2.05) is 17.5 Å². The number of rotatable bonds is 7. The van der Waals surface area contributed by atoms with E-state index in [9.17, 15) is 9.59 Å². The average Bonchev–Trinajstić information content (AvgIpc) is 3.25. The molecule has 2 heterocycles. The Kier molecular flexibility index (Phi) is 5.09. The van der Waals surface area contributed by atoms with Crippen LogP contribution in [0.3, 0.4) is 0 Å². The van der Waals surface area contributed by atoms with E-state index < -0.39 is 5.91 Å². The quantitative estimate of drug-likeness (QED) is 0.599. The third kappa shape index (κ3) is 3.09. The van der Waals surface area contributed by atoms with Gasteiger partial charge < -0.3 is 14.8 Å². The van der Waals surface area contributed by atoms with Gasteiger partial charge in [-0.2, -0.15) is 0 Å². The summed E-state index contributed by atoms with van der Waals surface area (Å²) in [6.07, 6.45) is 1.53. The van der Waals surface area contributed by atoms with Crippen LogP contribution in [-0.4, -0.2) is 37.5 Å². The minimum absolute atomic E-state index is 0.150. The van der Waals surface area contributed by atoms with Gasteiger partial charge in [-0.05, 0) is 23.6 Å². The second-order valence-electron chi connectivity index (χ2n) is 5.43. The number of ether oxygens (including phenoxy) is 2. The van der Waals surface area contributed by atoms with Gasteiger partial charge in [-0.15, -0.1) is 17.9 Å². The first kappa shape index (κ1) is 17.8. The Bertz CT molecular complexity index is 887. The standard InChI is InChI=1S/C19H18N2O4S/c1-4-9-21-18(22)16(15-6-5-10-26-15)17(19(21)23)20-13-8-7-12(24-2)11-14(13)25-3/h4-8,10-11,20H,1,9H2,2-3H3. The van der Waals surface area contributed by atoms with Crippen LogP contribution in [0.25, 0.3) is 5.57 Å². The molecule has 1 aliphatic heterocycles. The Morgan fingerprint density at radius 3 is 2.62 bits per heavy atom. The summed E-state index contributed by atoms with van der Waals surface area (Å²) >= 11 is 1.40. The summed E-state index contributed by atoms with van der Waals surface area (Å²) in [4.78, 5) is 27.5. The largest absolute Gasteiger partial charge is 0.497 e. The van der Waals surface area contributed by atoms with Crippen molar-refractivity contribution in [3.8, 4) is 11.5 Å². The summed E-state index contributed by atoms with van der Waals surface area (Å²) in [7, 11) is 3.09. The third-order valence-corrected chi connectivity index (χ3v) is 4.80. The highest BCUT2D eigenvalue weighted by atomic mass is 32.1. The highest BCUT2D eigenvalue weighted by Gasteiger charge is 2.39. The first-order chi connectivity index (χ1) is 12.6. The van der Waals surface area contributed by atoms with E-state index in [0.717, 1.165) is 4.88 Å². The lowest BCUT2D eigenvalue weighted by Crippen LogP contribution is -2.32. The number of nitrogens with zero attached hydrogens (tertiary/aromatic N) is 1. The lowest BCUT2D eigenvalue weighted by Gasteiger charge is -2.14. The van der Waals surface area contributed by atoms with Crippen LogP contribution >= 0.6 is 11.3 Å². The maximum atomic E-state index is 12.8. The van der Waals surface area contributed by atoms with Crippen LogP contribution in [0.15, 0.2) is 54.1 Å². The molecular formula is C19H18N2O4S. The fourth-order valence-corrected chi connectivity index (χ4v) is 3.44. The third-order valence-electron chi connectivity index (χ3n) is 3.92. The molecule has 3 rings (SSSR count). The highest BCUT2D eigenvalue weighted by Crippen LogP contribution is 2.36. The number of imide groups is 1. The Morgan fingerprint density at radius 2 is 2.00 bits per heavy atom. The molecule has 1 aromatic carbocycles. The van der Waals surface area contributed by atoms with Crippen LogP contribution in [0.4, 0.5) is 5.69 Å². The zero-order valence-corrected chi connectivity index (χ0v) is 15.3. The van der Waals surface area contributed by atoms with E-state index >= 15 is 0 Å². The average molecular weight is 370 g/mol. The smallest absolute Gasteiger partial charge is 0.278 e. The Balaban J connectivity index is 2.06. The molecule has 1 N–H and O–H groups in total. The van der Waals surface area contributed by atoms with Crippen LogP contribution in [0.1, 0.15) is 4.88 Å². The zero-order chi connectivity index (χ0) is 18.7. The number of carbonyl (C=O) groups excluding carboxylic acids is 2. The summed E-state index contributed by atoms with van der Waals surface area (Å²) in [5.41, 5.74) is 1.14. The molecule has 2 aromatic rings. The van der Waals surface area contributed by atoms with Gasteiger partial charge in [0.2, 0.25) is 0 Å². The first-order valence-electron chi connectivity index (χ1n) is 7.85. The molecule has 0 fully saturated rings. The first-order valence-corrected chi connectivity index (χ1v) is 8.73. The van der Waals surface area contributed by atoms with Crippen LogP contribution in [0.5, 0.6) is 11.5 Å². The van der Waals surface area contributed by atoms with Crippen molar-refractivity contribution in [2.45, 2.75) is 0 Å². The molecule has 7 heteroatoms. The van der Waals surface area contributed by atoms with Crippen molar-refractivity contribution in [1.82, 2.24) is 4.90 Å². The number of thiophene rings is 1. The van der Waals surface area contributed by atoms with Gasteiger partial charge in [-0.1, -0.05) is 12.1 Å².